The van der Waals surface area contributed by atoms with Crippen molar-refractivity contribution in [1.29, 1.82) is 0 Å². The molecular weight excluding hydrogens is 480 g/mol. The Kier molecular flexibility index (Phi) is 7.92. The molecule has 8 N–H and O–H groups in total. The summed E-state index contributed by atoms with van der Waals surface area (Å²) in [7, 11) is 0. The Morgan fingerprint density at radius 2 is 1.94 bits per heavy atom. The number of fused-ring (bicyclic) bond motifs is 1. The van der Waals surface area contributed by atoms with Crippen LogP contribution in [0.3, 0.4) is 0 Å². The molecule has 4 rings (SSSR count). The first-order chi connectivity index (χ1) is 17.3. The lowest BCUT2D eigenvalue weighted by Gasteiger charge is -2.34. The molecule has 2 amide bonds. The lowest BCUT2D eigenvalue weighted by Crippen LogP contribution is -2.44. The van der Waals surface area contributed by atoms with Crippen LogP contribution in [0.2, 0.25) is 0 Å². The molecule has 0 radical (unpaired) electrons. The van der Waals surface area contributed by atoms with E-state index in [0.29, 0.717) is 17.8 Å². The molecule has 1 aromatic carbocycles. The number of nitrogens with two attached hydrogens (primary N) is 3. The van der Waals surface area contributed by atoms with Crippen LogP contribution < -0.4 is 32.2 Å². The van der Waals surface area contributed by atoms with E-state index >= 15 is 0 Å². The van der Waals surface area contributed by atoms with Crippen molar-refractivity contribution in [3.05, 3.63) is 47.0 Å². The smallest absolute Gasteiger partial charge is 0.397 e. The number of aromatic nitrogens is 1. The SMILES string of the molecule is CCCc1cc(N2CCC(NCC(O)c3ccc(C(N)=O)cc3)CC2)nc2sc(OC(N)=O)c(N)c12. The summed E-state index contributed by atoms with van der Waals surface area (Å²) in [6, 6.07) is 9.05. The normalized spacial score (nSPS) is 15.2. The number of hydrogen-bond acceptors (Lipinski definition) is 9. The Morgan fingerprint density at radius 3 is 2.56 bits per heavy atom. The molecule has 1 aliphatic heterocycles. The number of carbonyl (C=O) groups excluding carboxylic acids is 2. The molecule has 192 valence electrons. The number of pyridine rings is 1. The highest BCUT2D eigenvalue weighted by Crippen LogP contribution is 2.42. The number of benzene rings is 1. The second-order valence-electron chi connectivity index (χ2n) is 8.97. The number of piperidine rings is 1. The number of carbonyl (C=O) groups is 2. The van der Waals surface area contributed by atoms with E-state index < -0.39 is 18.1 Å². The van der Waals surface area contributed by atoms with Gasteiger partial charge in [0.15, 0.2) is 0 Å². The van der Waals surface area contributed by atoms with Gasteiger partial charge in [-0.25, -0.2) is 9.78 Å². The van der Waals surface area contributed by atoms with Crippen LogP contribution >= 0.6 is 11.3 Å². The summed E-state index contributed by atoms with van der Waals surface area (Å²) in [4.78, 5) is 30.3. The number of amides is 2. The lowest BCUT2D eigenvalue weighted by molar-refractivity contribution is 0.1000. The fourth-order valence-corrected chi connectivity index (χ4v) is 5.53. The summed E-state index contributed by atoms with van der Waals surface area (Å²) in [5.74, 6) is 0.393. The molecule has 1 aliphatic rings. The molecule has 1 saturated heterocycles. The number of rotatable bonds is 9. The highest BCUT2D eigenvalue weighted by molar-refractivity contribution is 7.21. The first-order valence-electron chi connectivity index (χ1n) is 12.0. The van der Waals surface area contributed by atoms with Gasteiger partial charge in [-0.3, -0.25) is 4.79 Å². The number of ether oxygens (including phenoxy) is 1. The molecule has 1 fully saturated rings. The van der Waals surface area contributed by atoms with Crippen molar-refractivity contribution in [3.63, 3.8) is 0 Å². The summed E-state index contributed by atoms with van der Waals surface area (Å²) in [5.41, 5.74) is 19.4. The number of aliphatic hydroxyl groups excluding tert-OH is 1. The van der Waals surface area contributed by atoms with Gasteiger partial charge >= 0.3 is 6.09 Å². The van der Waals surface area contributed by atoms with Crippen LogP contribution in [-0.4, -0.2) is 47.8 Å². The molecule has 11 heteroatoms. The van der Waals surface area contributed by atoms with E-state index in [1.165, 1.54) is 11.3 Å². The molecule has 3 heterocycles. The van der Waals surface area contributed by atoms with E-state index in [2.05, 4.69) is 23.2 Å². The van der Waals surface area contributed by atoms with Gasteiger partial charge in [-0.1, -0.05) is 36.8 Å². The van der Waals surface area contributed by atoms with Crippen molar-refractivity contribution in [2.24, 2.45) is 11.5 Å². The standard InChI is InChI=1S/C25H32N6O4S/c1-2-3-16-12-19(30-23-20(16)21(26)24(36-23)35-25(28)34)31-10-8-17(9-11-31)29-13-18(32)14-4-6-15(7-5-14)22(27)33/h4-7,12,17-18,29,32H,2-3,8-11,13,26H2,1H3,(H2,27,33)(H2,28,34). The first-order valence-corrected chi connectivity index (χ1v) is 12.8. The van der Waals surface area contributed by atoms with Crippen molar-refractivity contribution in [3.8, 4) is 5.06 Å². The van der Waals surface area contributed by atoms with Crippen LogP contribution in [0, 0.1) is 0 Å². The van der Waals surface area contributed by atoms with Gasteiger partial charge in [0, 0.05) is 36.6 Å². The van der Waals surface area contributed by atoms with E-state index in [4.69, 9.17) is 26.9 Å². The number of thiophene rings is 1. The molecule has 3 aromatic rings. The van der Waals surface area contributed by atoms with E-state index in [1.54, 1.807) is 24.3 Å². The number of nitrogen functional groups attached to an aromatic ring is 1. The maximum absolute atomic E-state index is 11.3. The van der Waals surface area contributed by atoms with Crippen LogP contribution in [0.25, 0.3) is 10.2 Å². The fourth-order valence-electron chi connectivity index (χ4n) is 4.54. The van der Waals surface area contributed by atoms with Crippen molar-refractivity contribution >= 4 is 45.1 Å². The molecule has 10 nitrogen and oxygen atoms in total. The monoisotopic (exact) mass is 512 g/mol. The first kappa shape index (κ1) is 25.7. The Hall–Kier alpha value is -3.41. The second kappa shape index (κ2) is 11.1. The van der Waals surface area contributed by atoms with Crippen LogP contribution in [0.4, 0.5) is 16.3 Å². The van der Waals surface area contributed by atoms with Crippen LogP contribution in [0.5, 0.6) is 5.06 Å². The van der Waals surface area contributed by atoms with Gasteiger partial charge in [0.2, 0.25) is 11.0 Å². The van der Waals surface area contributed by atoms with Crippen LogP contribution in [0.15, 0.2) is 30.3 Å². The van der Waals surface area contributed by atoms with Crippen LogP contribution in [0.1, 0.15) is 53.8 Å². The zero-order valence-corrected chi connectivity index (χ0v) is 21.0. The third-order valence-corrected chi connectivity index (χ3v) is 7.42. The van der Waals surface area contributed by atoms with Gasteiger partial charge in [-0.05, 0) is 48.6 Å². The number of nitrogens with zero attached hydrogens (tertiary/aromatic N) is 2. The topological polar surface area (TPSA) is 170 Å². The van der Waals surface area contributed by atoms with Gasteiger partial charge in [0.25, 0.3) is 0 Å². The molecule has 1 unspecified atom stereocenters. The fraction of sp³-hybridized carbons (Fsp3) is 0.400. The van der Waals surface area contributed by atoms with Gasteiger partial charge in [-0.2, -0.15) is 0 Å². The van der Waals surface area contributed by atoms with E-state index in [-0.39, 0.29) is 11.1 Å². The van der Waals surface area contributed by atoms with Gasteiger partial charge in [0.1, 0.15) is 10.6 Å². The summed E-state index contributed by atoms with van der Waals surface area (Å²) in [5, 5.41) is 15.1. The summed E-state index contributed by atoms with van der Waals surface area (Å²) < 4.78 is 5.09. The van der Waals surface area contributed by atoms with Crippen LogP contribution in [-0.2, 0) is 6.42 Å². The minimum absolute atomic E-state index is 0.271. The average molecular weight is 513 g/mol. The molecule has 2 aromatic heterocycles. The lowest BCUT2D eigenvalue weighted by atomic mass is 10.0. The quantitative estimate of drug-likeness (QED) is 0.291. The third kappa shape index (κ3) is 5.69. The number of primary amides is 2. The van der Waals surface area contributed by atoms with E-state index in [1.807, 2.05) is 0 Å². The minimum Gasteiger partial charge on any atom is -0.397 e. The zero-order chi connectivity index (χ0) is 25.8. The highest BCUT2D eigenvalue weighted by Gasteiger charge is 2.24. The molecule has 0 aliphatic carbocycles. The Bertz CT molecular complexity index is 1240. The largest absolute Gasteiger partial charge is 0.410 e. The zero-order valence-electron chi connectivity index (χ0n) is 20.2. The summed E-state index contributed by atoms with van der Waals surface area (Å²) in [6.07, 6.45) is 2.01. The molecular formula is C25H32N6O4S. The number of hydrogen-bond donors (Lipinski definition) is 5. The number of nitrogens with one attached hydrogen (secondary N) is 1. The Morgan fingerprint density at radius 1 is 1.25 bits per heavy atom. The second-order valence-corrected chi connectivity index (χ2v) is 9.93. The van der Waals surface area contributed by atoms with Crippen molar-refractivity contribution in [2.75, 3.05) is 30.3 Å². The predicted octanol–water partition coefficient (Wildman–Crippen LogP) is 2.68. The van der Waals surface area contributed by atoms with Crippen molar-refractivity contribution < 1.29 is 19.4 Å². The minimum atomic E-state index is -0.895. The Labute approximate surface area is 213 Å². The number of anilines is 2. The summed E-state index contributed by atoms with van der Waals surface area (Å²) >= 11 is 1.23. The van der Waals surface area contributed by atoms with Gasteiger partial charge < -0.3 is 37.3 Å². The van der Waals surface area contributed by atoms with Gasteiger partial charge in [-0.15, -0.1) is 0 Å². The molecule has 0 saturated carbocycles. The number of aliphatic hydroxyl groups is 1. The Balaban J connectivity index is 1.39. The van der Waals surface area contributed by atoms with Crippen molar-refractivity contribution in [1.82, 2.24) is 10.3 Å². The predicted molar refractivity (Wildman–Crippen MR) is 141 cm³/mol. The number of aryl methyl sites for hydroxylation is 1. The third-order valence-electron chi connectivity index (χ3n) is 6.44. The maximum atomic E-state index is 11.3. The average Bonchev–Trinajstić information content (AvgIpc) is 3.17. The highest BCUT2D eigenvalue weighted by atomic mass is 32.1. The van der Waals surface area contributed by atoms with E-state index in [9.17, 15) is 14.7 Å². The van der Waals surface area contributed by atoms with E-state index in [0.717, 1.165) is 65.9 Å². The molecule has 36 heavy (non-hydrogen) atoms. The molecule has 0 bridgehead atoms. The van der Waals surface area contributed by atoms with Gasteiger partial charge in [0.05, 0.1) is 11.8 Å². The van der Waals surface area contributed by atoms with Crippen molar-refractivity contribution in [2.45, 2.75) is 44.8 Å². The maximum Gasteiger partial charge on any atom is 0.410 e. The summed E-state index contributed by atoms with van der Waals surface area (Å²) in [6.45, 7) is 4.16. The molecule has 0 spiro atoms. The molecule has 1 atom stereocenters.